The van der Waals surface area contributed by atoms with Crippen molar-refractivity contribution in [1.29, 1.82) is 0 Å². The van der Waals surface area contributed by atoms with Gasteiger partial charge in [0.1, 0.15) is 0 Å². The summed E-state index contributed by atoms with van der Waals surface area (Å²) in [6.07, 6.45) is 2.31. The van der Waals surface area contributed by atoms with Crippen molar-refractivity contribution in [2.45, 2.75) is 0 Å². The minimum Gasteiger partial charge on any atom is -0.619 e. The molecule has 0 radical (unpaired) electrons. The van der Waals surface area contributed by atoms with Crippen molar-refractivity contribution in [3.8, 4) is 0 Å². The van der Waals surface area contributed by atoms with E-state index in [1.54, 1.807) is 0 Å². The number of nitrogens with one attached hydrogen (secondary N) is 1. The molecule has 0 bridgehead atoms. The Morgan fingerprint density at radius 2 is 1.92 bits per heavy atom. The summed E-state index contributed by atoms with van der Waals surface area (Å²) in [6.45, 7) is 0. The quantitative estimate of drug-likeness (QED) is 0.429. The highest BCUT2D eigenvalue weighted by molar-refractivity contribution is 8.14. The first-order valence-electron chi connectivity index (χ1n) is 2.88. The lowest BCUT2D eigenvalue weighted by molar-refractivity contribution is -0.605. The van der Waals surface area contributed by atoms with Gasteiger partial charge in [-0.25, -0.2) is 0 Å². The van der Waals surface area contributed by atoms with Crippen LogP contribution >= 0.6 is 10.7 Å². The van der Waals surface area contributed by atoms with Gasteiger partial charge in [-0.15, -0.1) is 0 Å². The molecule has 0 saturated heterocycles. The van der Waals surface area contributed by atoms with Crippen molar-refractivity contribution in [1.82, 2.24) is 0 Å². The molecule has 0 spiro atoms. The van der Waals surface area contributed by atoms with Gasteiger partial charge in [-0.05, 0) is 0 Å². The maximum atomic E-state index is 10.5. The van der Waals surface area contributed by atoms with E-state index >= 15 is 0 Å². The van der Waals surface area contributed by atoms with Crippen LogP contribution in [-0.2, 0) is 9.24 Å². The molecule has 1 aromatic rings. The highest BCUT2D eigenvalue weighted by atomic mass is 35.7. The first-order valence-corrected chi connectivity index (χ1v) is 5.19. The Morgan fingerprint density at radius 3 is 2.33 bits per heavy atom. The Labute approximate surface area is 73.7 Å². The lowest BCUT2D eigenvalue weighted by atomic mass is 10.4. The van der Waals surface area contributed by atoms with Gasteiger partial charge in [0.15, 0.2) is 12.4 Å². The van der Waals surface area contributed by atoms with E-state index < -0.39 is 9.24 Å². The van der Waals surface area contributed by atoms with E-state index in [-0.39, 0.29) is 5.69 Å². The second-order valence-corrected chi connectivity index (χ2v) is 4.29. The maximum Gasteiger partial charge on any atom is 0.319 e. The zero-order valence-electron chi connectivity index (χ0n) is 5.77. The second kappa shape index (κ2) is 3.16. The summed E-state index contributed by atoms with van der Waals surface area (Å²) in [7, 11) is 1.10. The fourth-order valence-electron chi connectivity index (χ4n) is 0.622. The predicted molar refractivity (Wildman–Crippen MR) is 43.8 cm³/mol. The first-order chi connectivity index (χ1) is 5.47. The Kier molecular flexibility index (Phi) is 2.39. The van der Waals surface area contributed by atoms with Gasteiger partial charge < -0.3 is 5.21 Å². The molecule has 0 unspecified atom stereocenters. The smallest absolute Gasteiger partial charge is 0.319 e. The van der Waals surface area contributed by atoms with E-state index in [0.29, 0.717) is 4.73 Å². The van der Waals surface area contributed by atoms with E-state index in [2.05, 4.69) is 0 Å². The molecule has 0 aliphatic rings. The summed E-state index contributed by atoms with van der Waals surface area (Å²) in [5.74, 6) is 0. The highest BCUT2D eigenvalue weighted by Gasteiger charge is 2.04. The third kappa shape index (κ3) is 2.93. The average Bonchev–Trinajstić information content (AvgIpc) is 1.91. The number of halogens is 1. The van der Waals surface area contributed by atoms with Crippen molar-refractivity contribution >= 4 is 25.6 Å². The Balaban J connectivity index is 2.85. The van der Waals surface area contributed by atoms with E-state index in [1.165, 1.54) is 12.1 Å². The van der Waals surface area contributed by atoms with Gasteiger partial charge in [-0.1, -0.05) is 0 Å². The van der Waals surface area contributed by atoms with Crippen LogP contribution in [0.4, 0.5) is 5.69 Å². The van der Waals surface area contributed by atoms with E-state index in [9.17, 15) is 13.6 Å². The van der Waals surface area contributed by atoms with E-state index in [4.69, 9.17) is 10.7 Å². The van der Waals surface area contributed by atoms with Crippen LogP contribution in [0.15, 0.2) is 24.5 Å². The monoisotopic (exact) mass is 208 g/mol. The van der Waals surface area contributed by atoms with Crippen LogP contribution < -0.4 is 9.45 Å². The predicted octanol–water partition coefficient (Wildman–Crippen LogP) is 0.215. The van der Waals surface area contributed by atoms with E-state index in [0.717, 1.165) is 12.4 Å². The lowest BCUT2D eigenvalue weighted by Gasteiger charge is -2.00. The third-order valence-corrected chi connectivity index (χ3v) is 1.75. The van der Waals surface area contributed by atoms with Gasteiger partial charge in [-0.3, -0.25) is 4.72 Å². The molecule has 1 heterocycles. The topological polar surface area (TPSA) is 73.1 Å². The third-order valence-electron chi connectivity index (χ3n) is 1.04. The summed E-state index contributed by atoms with van der Waals surface area (Å²) in [5, 5.41) is 10.5. The number of aromatic nitrogens is 1. The van der Waals surface area contributed by atoms with Gasteiger partial charge in [0, 0.05) is 22.8 Å². The molecule has 66 valence electrons. The molecular formula is C5H5ClN2O3S. The minimum atomic E-state index is -3.78. The molecule has 1 rings (SSSR count). The van der Waals surface area contributed by atoms with Crippen LogP contribution in [0.5, 0.6) is 0 Å². The van der Waals surface area contributed by atoms with Crippen molar-refractivity contribution in [3.05, 3.63) is 29.7 Å². The van der Waals surface area contributed by atoms with Crippen LogP contribution in [0.2, 0.25) is 0 Å². The van der Waals surface area contributed by atoms with Gasteiger partial charge in [0.05, 0.1) is 5.69 Å². The van der Waals surface area contributed by atoms with Crippen molar-refractivity contribution in [3.63, 3.8) is 0 Å². The van der Waals surface area contributed by atoms with Crippen LogP contribution in [0.1, 0.15) is 0 Å². The SMILES string of the molecule is O=S(=O)(Cl)Nc1cc[n+]([O-])cc1. The van der Waals surface area contributed by atoms with Gasteiger partial charge in [0.2, 0.25) is 0 Å². The zero-order chi connectivity index (χ0) is 9.19. The van der Waals surface area contributed by atoms with Gasteiger partial charge >= 0.3 is 9.24 Å². The minimum absolute atomic E-state index is 0.247. The second-order valence-electron chi connectivity index (χ2n) is 1.99. The molecule has 0 fully saturated rings. The summed E-state index contributed by atoms with van der Waals surface area (Å²) < 4.78 is 23.4. The van der Waals surface area contributed by atoms with Crippen molar-refractivity contribution in [2.24, 2.45) is 0 Å². The number of nitrogens with zero attached hydrogens (tertiary/aromatic N) is 1. The molecule has 0 aliphatic carbocycles. The number of anilines is 1. The molecular weight excluding hydrogens is 204 g/mol. The fraction of sp³-hybridized carbons (Fsp3) is 0. The number of hydrogen-bond donors (Lipinski definition) is 1. The summed E-state index contributed by atoms with van der Waals surface area (Å²) in [4.78, 5) is 0. The van der Waals surface area contributed by atoms with Crippen LogP contribution in [0.25, 0.3) is 0 Å². The van der Waals surface area contributed by atoms with E-state index in [1.807, 2.05) is 4.72 Å². The van der Waals surface area contributed by atoms with Crippen LogP contribution in [-0.4, -0.2) is 8.42 Å². The summed E-state index contributed by atoms with van der Waals surface area (Å²) in [5.41, 5.74) is 0.247. The molecule has 5 nitrogen and oxygen atoms in total. The number of pyridine rings is 1. The maximum absolute atomic E-state index is 10.5. The standard InChI is InChI=1S/C5H5ClN2O3S/c6-12(10,11)7-5-1-3-8(9)4-2-5/h1-4,7H. The van der Waals surface area contributed by atoms with Crippen LogP contribution in [0.3, 0.4) is 0 Å². The van der Waals surface area contributed by atoms with Crippen molar-refractivity contribution in [2.75, 3.05) is 4.72 Å². The molecule has 1 N–H and O–H groups in total. The molecule has 0 saturated carbocycles. The molecule has 12 heavy (non-hydrogen) atoms. The molecule has 0 aromatic carbocycles. The molecule has 7 heteroatoms. The lowest BCUT2D eigenvalue weighted by Crippen LogP contribution is -2.23. The van der Waals surface area contributed by atoms with Crippen molar-refractivity contribution < 1.29 is 13.1 Å². The largest absolute Gasteiger partial charge is 0.619 e. The summed E-state index contributed by atoms with van der Waals surface area (Å²) in [6, 6.07) is 2.60. The average molecular weight is 209 g/mol. The number of hydrogen-bond acceptors (Lipinski definition) is 3. The molecule has 0 aliphatic heterocycles. The fourth-order valence-corrected chi connectivity index (χ4v) is 1.31. The van der Waals surface area contributed by atoms with Crippen LogP contribution in [0, 0.1) is 5.21 Å². The summed E-state index contributed by atoms with van der Waals surface area (Å²) >= 11 is 0. The zero-order valence-corrected chi connectivity index (χ0v) is 7.34. The number of rotatable bonds is 2. The van der Waals surface area contributed by atoms with Gasteiger partial charge in [-0.2, -0.15) is 13.1 Å². The Bertz CT molecular complexity index is 361. The molecule has 0 atom stereocenters. The van der Waals surface area contributed by atoms with Gasteiger partial charge in [0.25, 0.3) is 0 Å². The molecule has 1 aromatic heterocycles. The highest BCUT2D eigenvalue weighted by Crippen LogP contribution is 2.07. The Morgan fingerprint density at radius 1 is 1.42 bits per heavy atom. The Hall–Kier alpha value is -1.01. The normalized spacial score (nSPS) is 11.1. The molecule has 0 amide bonds. The first kappa shape index (κ1) is 9.08.